The van der Waals surface area contributed by atoms with E-state index in [0.29, 0.717) is 29.9 Å². The van der Waals surface area contributed by atoms with Gasteiger partial charge in [-0.1, -0.05) is 18.2 Å². The van der Waals surface area contributed by atoms with E-state index in [-0.39, 0.29) is 16.4 Å². The van der Waals surface area contributed by atoms with Crippen LogP contribution in [0.25, 0.3) is 0 Å². The highest BCUT2D eigenvalue weighted by molar-refractivity contribution is 7.93. The Hall–Kier alpha value is -2.26. The quantitative estimate of drug-likeness (QED) is 0.837. The molecule has 0 amide bonds. The summed E-state index contributed by atoms with van der Waals surface area (Å²) in [5, 5.41) is 0. The molecule has 0 aromatic heterocycles. The van der Waals surface area contributed by atoms with Crippen molar-refractivity contribution in [1.82, 2.24) is 0 Å². The number of methoxy groups -OCH3 is 1. The van der Waals surface area contributed by atoms with Gasteiger partial charge in [-0.2, -0.15) is 0 Å². The van der Waals surface area contributed by atoms with Gasteiger partial charge in [0.05, 0.1) is 24.2 Å². The van der Waals surface area contributed by atoms with E-state index in [1.807, 2.05) is 0 Å². The number of hydrogen-bond acceptors (Lipinski definition) is 5. The Labute approximate surface area is 153 Å². The van der Waals surface area contributed by atoms with Crippen LogP contribution < -0.4 is 13.8 Å². The highest BCUT2D eigenvalue weighted by atomic mass is 32.2. The molecule has 2 aromatic rings. The molecule has 3 rings (SSSR count). The van der Waals surface area contributed by atoms with Crippen molar-refractivity contribution in [1.29, 1.82) is 0 Å². The molecule has 0 radical (unpaired) electrons. The number of aryl methyl sites for hydroxylation is 1. The fourth-order valence-corrected chi connectivity index (χ4v) is 5.69. The summed E-state index contributed by atoms with van der Waals surface area (Å²) in [7, 11) is -5.83. The summed E-state index contributed by atoms with van der Waals surface area (Å²) in [4.78, 5) is 0.0149. The first-order valence-electron chi connectivity index (χ1n) is 8.01. The number of nitrogens with zero attached hydrogens (tertiary/aromatic N) is 1. The van der Waals surface area contributed by atoms with Crippen LogP contribution >= 0.6 is 0 Å². The van der Waals surface area contributed by atoms with Crippen LogP contribution in [0.2, 0.25) is 0 Å². The number of para-hydroxylation sites is 1. The second-order valence-electron chi connectivity index (χ2n) is 6.00. The molecule has 0 spiro atoms. The summed E-state index contributed by atoms with van der Waals surface area (Å²) in [5.74, 6) is 0.333. The third-order valence-electron chi connectivity index (χ3n) is 4.21. The number of benzene rings is 2. The first kappa shape index (κ1) is 18.5. The Kier molecular flexibility index (Phi) is 4.85. The van der Waals surface area contributed by atoms with Crippen LogP contribution in [0.5, 0.6) is 5.75 Å². The first-order chi connectivity index (χ1) is 12.2. The summed E-state index contributed by atoms with van der Waals surface area (Å²) in [5.41, 5.74) is 1.46. The van der Waals surface area contributed by atoms with Crippen molar-refractivity contribution in [3.63, 3.8) is 0 Å². The Morgan fingerprint density at radius 2 is 1.88 bits per heavy atom. The van der Waals surface area contributed by atoms with Crippen LogP contribution in [-0.4, -0.2) is 36.2 Å². The zero-order valence-electron chi connectivity index (χ0n) is 14.5. The zero-order chi connectivity index (χ0) is 18.9. The lowest BCUT2D eigenvalue weighted by Crippen LogP contribution is -2.25. The molecule has 7 nitrogen and oxygen atoms in total. The molecule has 1 aliphatic rings. The molecule has 1 aliphatic heterocycles. The molecule has 0 unspecified atom stereocenters. The van der Waals surface area contributed by atoms with Gasteiger partial charge in [0.25, 0.3) is 10.0 Å². The molecule has 1 heterocycles. The molecule has 2 aromatic carbocycles. The van der Waals surface area contributed by atoms with E-state index in [0.717, 1.165) is 0 Å². The fraction of sp³-hybridized carbons (Fsp3) is 0.294. The minimum atomic E-state index is -3.89. The van der Waals surface area contributed by atoms with Crippen molar-refractivity contribution in [2.24, 2.45) is 0 Å². The Balaban J connectivity index is 1.98. The SMILES string of the molecule is COc1ccccc1S(=O)(=O)Nc1cc(N2CCCS2(=O)=O)ccc1C. The van der Waals surface area contributed by atoms with Crippen LogP contribution in [0, 0.1) is 6.92 Å². The zero-order valence-corrected chi connectivity index (χ0v) is 16.1. The van der Waals surface area contributed by atoms with Gasteiger partial charge in [-0.25, -0.2) is 16.8 Å². The summed E-state index contributed by atoms with van der Waals surface area (Å²) >= 11 is 0. The van der Waals surface area contributed by atoms with Crippen LogP contribution in [0.1, 0.15) is 12.0 Å². The first-order valence-corrected chi connectivity index (χ1v) is 11.1. The van der Waals surface area contributed by atoms with Crippen LogP contribution in [0.15, 0.2) is 47.4 Å². The summed E-state index contributed by atoms with van der Waals surface area (Å²) < 4.78 is 58.8. The minimum Gasteiger partial charge on any atom is -0.495 e. The average molecular weight is 396 g/mol. The highest BCUT2D eigenvalue weighted by Crippen LogP contribution is 2.31. The van der Waals surface area contributed by atoms with Gasteiger partial charge in [-0.3, -0.25) is 9.03 Å². The number of sulfonamides is 2. The number of nitrogens with one attached hydrogen (secondary N) is 1. The van der Waals surface area contributed by atoms with Crippen LogP contribution in [-0.2, 0) is 20.0 Å². The maximum atomic E-state index is 12.8. The molecular formula is C17H20N2O5S2. The third kappa shape index (κ3) is 3.49. The largest absolute Gasteiger partial charge is 0.495 e. The Bertz CT molecular complexity index is 1030. The van der Waals surface area contributed by atoms with Gasteiger partial charge in [-0.05, 0) is 43.2 Å². The van der Waals surface area contributed by atoms with E-state index < -0.39 is 20.0 Å². The topological polar surface area (TPSA) is 92.8 Å². The molecular weight excluding hydrogens is 376 g/mol. The van der Waals surface area contributed by atoms with Crippen LogP contribution in [0.3, 0.4) is 0 Å². The Morgan fingerprint density at radius 1 is 1.15 bits per heavy atom. The number of anilines is 2. The van der Waals surface area contributed by atoms with Crippen molar-refractivity contribution >= 4 is 31.4 Å². The molecule has 0 bridgehead atoms. The lowest BCUT2D eigenvalue weighted by Gasteiger charge is -2.19. The number of hydrogen-bond donors (Lipinski definition) is 1. The molecule has 26 heavy (non-hydrogen) atoms. The van der Waals surface area contributed by atoms with Crippen molar-refractivity contribution in [2.45, 2.75) is 18.2 Å². The lowest BCUT2D eigenvalue weighted by molar-refractivity contribution is 0.403. The summed E-state index contributed by atoms with van der Waals surface area (Å²) in [6.45, 7) is 2.15. The summed E-state index contributed by atoms with van der Waals surface area (Å²) in [6.07, 6.45) is 0.554. The molecule has 9 heteroatoms. The van der Waals surface area contributed by atoms with E-state index in [4.69, 9.17) is 4.74 Å². The molecule has 1 fully saturated rings. The van der Waals surface area contributed by atoms with Gasteiger partial charge < -0.3 is 4.74 Å². The fourth-order valence-electron chi connectivity index (χ4n) is 2.85. The highest BCUT2D eigenvalue weighted by Gasteiger charge is 2.29. The van der Waals surface area contributed by atoms with Crippen molar-refractivity contribution < 1.29 is 21.6 Å². The normalized spacial score (nSPS) is 16.5. The molecule has 0 saturated carbocycles. The second-order valence-corrected chi connectivity index (χ2v) is 9.66. The smallest absolute Gasteiger partial charge is 0.265 e. The van der Waals surface area contributed by atoms with Gasteiger partial charge >= 0.3 is 0 Å². The van der Waals surface area contributed by atoms with E-state index in [9.17, 15) is 16.8 Å². The molecule has 0 aliphatic carbocycles. The monoisotopic (exact) mass is 396 g/mol. The van der Waals surface area contributed by atoms with Crippen LogP contribution in [0.4, 0.5) is 11.4 Å². The standard InChI is InChI=1S/C17H20N2O5S2/c1-13-8-9-14(19-10-5-11-25(19,20)21)12-15(13)18-26(22,23)17-7-4-3-6-16(17)24-2/h3-4,6-9,12,18H,5,10-11H2,1-2H3. The van der Waals surface area contributed by atoms with Gasteiger partial charge in [0, 0.05) is 6.54 Å². The summed E-state index contributed by atoms with van der Waals surface area (Å²) in [6, 6.07) is 11.2. The van der Waals surface area contributed by atoms with Crippen molar-refractivity contribution in [3.8, 4) is 5.75 Å². The minimum absolute atomic E-state index is 0.0149. The average Bonchev–Trinajstić information content (AvgIpc) is 2.96. The molecule has 1 N–H and O–H groups in total. The molecule has 140 valence electrons. The maximum Gasteiger partial charge on any atom is 0.265 e. The Morgan fingerprint density at radius 3 is 2.54 bits per heavy atom. The maximum absolute atomic E-state index is 12.8. The third-order valence-corrected chi connectivity index (χ3v) is 7.49. The molecule has 1 saturated heterocycles. The van der Waals surface area contributed by atoms with E-state index >= 15 is 0 Å². The van der Waals surface area contributed by atoms with Crippen molar-refractivity contribution in [2.75, 3.05) is 28.4 Å². The van der Waals surface area contributed by atoms with E-state index in [1.165, 1.54) is 17.5 Å². The predicted molar refractivity (Wildman–Crippen MR) is 101 cm³/mol. The van der Waals surface area contributed by atoms with E-state index in [1.54, 1.807) is 43.3 Å². The van der Waals surface area contributed by atoms with Gasteiger partial charge in [0.2, 0.25) is 10.0 Å². The number of ether oxygens (including phenoxy) is 1. The van der Waals surface area contributed by atoms with Gasteiger partial charge in [0.15, 0.2) is 0 Å². The van der Waals surface area contributed by atoms with Crippen molar-refractivity contribution in [3.05, 3.63) is 48.0 Å². The van der Waals surface area contributed by atoms with Gasteiger partial charge in [-0.15, -0.1) is 0 Å². The predicted octanol–water partition coefficient (Wildman–Crippen LogP) is 2.34. The molecule has 0 atom stereocenters. The second kappa shape index (κ2) is 6.81. The lowest BCUT2D eigenvalue weighted by atomic mass is 10.2. The van der Waals surface area contributed by atoms with Gasteiger partial charge in [0.1, 0.15) is 10.6 Å². The van der Waals surface area contributed by atoms with E-state index in [2.05, 4.69) is 4.72 Å². The number of rotatable bonds is 5.